The van der Waals surface area contributed by atoms with Crippen LogP contribution in [0.4, 0.5) is 0 Å². The van der Waals surface area contributed by atoms with Gasteiger partial charge in [0.05, 0.1) is 0 Å². The number of hydrogen-bond donors (Lipinski definition) is 0. The number of fused-ring (bicyclic) bond motifs is 2. The summed E-state index contributed by atoms with van der Waals surface area (Å²) in [6.45, 7) is 0. The molecule has 2 aromatic rings. The molecular formula is C20H18O. The molecule has 2 aliphatic carbocycles. The van der Waals surface area contributed by atoms with E-state index in [2.05, 4.69) is 48.5 Å². The van der Waals surface area contributed by atoms with Gasteiger partial charge in [0.1, 0.15) is 0 Å². The maximum absolute atomic E-state index is 12.5. The van der Waals surface area contributed by atoms with Gasteiger partial charge in [0, 0.05) is 12.0 Å². The average molecular weight is 274 g/mol. The second-order valence-electron chi connectivity index (χ2n) is 6.00. The van der Waals surface area contributed by atoms with Gasteiger partial charge in [-0.3, -0.25) is 4.79 Å². The van der Waals surface area contributed by atoms with E-state index in [1.54, 1.807) is 0 Å². The number of ketones is 1. The van der Waals surface area contributed by atoms with E-state index in [-0.39, 0.29) is 0 Å². The van der Waals surface area contributed by atoms with Gasteiger partial charge in [0.2, 0.25) is 0 Å². The third kappa shape index (κ3) is 2.13. The van der Waals surface area contributed by atoms with E-state index < -0.39 is 0 Å². The van der Waals surface area contributed by atoms with Crippen LogP contribution in [0.5, 0.6) is 0 Å². The molecule has 4 rings (SSSR count). The Hall–Kier alpha value is -2.15. The second-order valence-corrected chi connectivity index (χ2v) is 6.00. The lowest BCUT2D eigenvalue weighted by Crippen LogP contribution is -2.17. The summed E-state index contributed by atoms with van der Waals surface area (Å²) < 4.78 is 0. The van der Waals surface area contributed by atoms with E-state index in [4.69, 9.17) is 0 Å². The lowest BCUT2D eigenvalue weighted by atomic mass is 9.78. The van der Waals surface area contributed by atoms with Crippen molar-refractivity contribution in [1.82, 2.24) is 0 Å². The molecule has 2 aromatic carbocycles. The molecule has 0 unspecified atom stereocenters. The van der Waals surface area contributed by atoms with Crippen molar-refractivity contribution in [3.05, 3.63) is 76.4 Å². The predicted molar refractivity (Wildman–Crippen MR) is 85.2 cm³/mol. The normalized spacial score (nSPS) is 20.9. The van der Waals surface area contributed by atoms with E-state index >= 15 is 0 Å². The Morgan fingerprint density at radius 1 is 0.667 bits per heavy atom. The molecule has 0 saturated carbocycles. The first-order valence-electron chi connectivity index (χ1n) is 7.73. The molecule has 0 amide bonds. The van der Waals surface area contributed by atoms with Crippen molar-refractivity contribution in [3.8, 4) is 0 Å². The Bertz CT molecular complexity index is 752. The highest BCUT2D eigenvalue weighted by atomic mass is 16.1. The number of hydrogen-bond acceptors (Lipinski definition) is 1. The summed E-state index contributed by atoms with van der Waals surface area (Å²) >= 11 is 0. The third-order valence-electron chi connectivity index (χ3n) is 4.76. The van der Waals surface area contributed by atoms with Crippen LogP contribution < -0.4 is 0 Å². The van der Waals surface area contributed by atoms with Gasteiger partial charge in [-0.1, -0.05) is 54.1 Å². The van der Waals surface area contributed by atoms with E-state index in [9.17, 15) is 4.79 Å². The highest BCUT2D eigenvalue weighted by Gasteiger charge is 2.26. The highest BCUT2D eigenvalue weighted by molar-refractivity contribution is 6.23. The van der Waals surface area contributed by atoms with Crippen molar-refractivity contribution in [3.63, 3.8) is 0 Å². The topological polar surface area (TPSA) is 17.1 Å². The van der Waals surface area contributed by atoms with E-state index in [1.807, 2.05) is 0 Å². The van der Waals surface area contributed by atoms with E-state index in [0.29, 0.717) is 12.2 Å². The monoisotopic (exact) mass is 274 g/mol. The van der Waals surface area contributed by atoms with Crippen LogP contribution in [0.2, 0.25) is 0 Å². The molecule has 0 saturated heterocycles. The summed E-state index contributed by atoms with van der Waals surface area (Å²) in [6, 6.07) is 17.0. The summed E-state index contributed by atoms with van der Waals surface area (Å²) in [6.07, 6.45) is 4.57. The molecule has 1 nitrogen and oxygen atoms in total. The lowest BCUT2D eigenvalue weighted by Gasteiger charge is -2.25. The molecule has 0 bridgehead atoms. The largest absolute Gasteiger partial charge is 0.294 e. The van der Waals surface area contributed by atoms with Crippen LogP contribution in [0.15, 0.2) is 54.1 Å². The Labute approximate surface area is 125 Å². The first kappa shape index (κ1) is 12.6. The van der Waals surface area contributed by atoms with Crippen LogP contribution in [0.1, 0.15) is 35.1 Å². The van der Waals surface area contributed by atoms with Crippen LogP contribution in [0, 0.1) is 0 Å². The second kappa shape index (κ2) is 5.00. The summed E-state index contributed by atoms with van der Waals surface area (Å²) in [5.41, 5.74) is 7.71. The Kier molecular flexibility index (Phi) is 2.99. The molecule has 0 fully saturated rings. The van der Waals surface area contributed by atoms with Crippen molar-refractivity contribution in [2.24, 2.45) is 0 Å². The van der Waals surface area contributed by atoms with Gasteiger partial charge in [0.15, 0.2) is 5.78 Å². The van der Waals surface area contributed by atoms with Crippen molar-refractivity contribution >= 4 is 11.4 Å². The molecule has 0 N–H and O–H groups in total. The zero-order valence-electron chi connectivity index (χ0n) is 12.1. The van der Waals surface area contributed by atoms with E-state index in [0.717, 1.165) is 31.3 Å². The molecule has 1 heteroatoms. The first-order chi connectivity index (χ1) is 10.3. The summed E-state index contributed by atoms with van der Waals surface area (Å²) in [4.78, 5) is 12.5. The number of carbonyl (C=O) groups is 1. The van der Waals surface area contributed by atoms with Crippen molar-refractivity contribution in [2.45, 2.75) is 32.1 Å². The molecule has 0 aromatic heterocycles. The van der Waals surface area contributed by atoms with Crippen LogP contribution in [0.25, 0.3) is 5.57 Å². The molecule has 21 heavy (non-hydrogen) atoms. The lowest BCUT2D eigenvalue weighted by molar-refractivity contribution is -0.113. The maximum atomic E-state index is 12.5. The van der Waals surface area contributed by atoms with Gasteiger partial charge in [-0.05, 0) is 47.9 Å². The average Bonchev–Trinajstić information content (AvgIpc) is 2.54. The van der Waals surface area contributed by atoms with Crippen LogP contribution in [-0.4, -0.2) is 5.78 Å². The fourth-order valence-electron chi connectivity index (χ4n) is 3.68. The van der Waals surface area contributed by atoms with Gasteiger partial charge < -0.3 is 0 Å². The fourth-order valence-corrected chi connectivity index (χ4v) is 3.68. The SMILES string of the molecule is O=C1CCc2ccccc2/C1=C1/CCc2ccccc2C1. The summed E-state index contributed by atoms with van der Waals surface area (Å²) in [5.74, 6) is 0.336. The Morgan fingerprint density at radius 2 is 1.33 bits per heavy atom. The molecule has 0 aliphatic heterocycles. The summed E-state index contributed by atoms with van der Waals surface area (Å²) in [7, 11) is 0. The van der Waals surface area contributed by atoms with Crippen molar-refractivity contribution in [2.75, 3.05) is 0 Å². The van der Waals surface area contributed by atoms with Gasteiger partial charge in [-0.25, -0.2) is 0 Å². The number of rotatable bonds is 0. The number of Topliss-reactive ketones (excluding diaryl/α,β-unsaturated/α-hetero) is 1. The quantitative estimate of drug-likeness (QED) is 0.660. The van der Waals surface area contributed by atoms with Crippen molar-refractivity contribution in [1.29, 1.82) is 0 Å². The molecule has 2 aliphatic rings. The zero-order valence-corrected chi connectivity index (χ0v) is 12.1. The third-order valence-corrected chi connectivity index (χ3v) is 4.76. The van der Waals surface area contributed by atoms with Crippen LogP contribution in [-0.2, 0) is 24.1 Å². The predicted octanol–water partition coefficient (Wildman–Crippen LogP) is 4.14. The molecule has 0 atom stereocenters. The van der Waals surface area contributed by atoms with Crippen LogP contribution >= 0.6 is 0 Å². The Balaban J connectivity index is 1.84. The Morgan fingerprint density at radius 3 is 2.19 bits per heavy atom. The van der Waals surface area contributed by atoms with Crippen molar-refractivity contribution < 1.29 is 4.79 Å². The van der Waals surface area contributed by atoms with Gasteiger partial charge in [-0.2, -0.15) is 0 Å². The minimum absolute atomic E-state index is 0.336. The van der Waals surface area contributed by atoms with E-state index in [1.165, 1.54) is 27.8 Å². The first-order valence-corrected chi connectivity index (χ1v) is 7.73. The minimum atomic E-state index is 0.336. The molecule has 0 spiro atoms. The number of benzene rings is 2. The van der Waals surface area contributed by atoms with Gasteiger partial charge >= 0.3 is 0 Å². The fraction of sp³-hybridized carbons (Fsp3) is 0.250. The number of carbonyl (C=O) groups excluding carboxylic acids is 1. The smallest absolute Gasteiger partial charge is 0.163 e. The number of aryl methyl sites for hydroxylation is 2. The standard InChI is InChI=1S/C20H18O/c21-19-12-11-15-6-3-4-8-18(15)20(19)17-10-9-14-5-1-2-7-16(14)13-17/h1-8H,9-13H2/b20-17+. The maximum Gasteiger partial charge on any atom is 0.163 e. The zero-order chi connectivity index (χ0) is 14.2. The molecule has 104 valence electrons. The van der Waals surface area contributed by atoms with Crippen LogP contribution in [0.3, 0.4) is 0 Å². The highest BCUT2D eigenvalue weighted by Crippen LogP contribution is 2.36. The number of allylic oxidation sites excluding steroid dienone is 2. The summed E-state index contributed by atoms with van der Waals surface area (Å²) in [5, 5.41) is 0. The molecule has 0 radical (unpaired) electrons. The van der Waals surface area contributed by atoms with Gasteiger partial charge in [-0.15, -0.1) is 0 Å². The minimum Gasteiger partial charge on any atom is -0.294 e. The molecular weight excluding hydrogens is 256 g/mol. The van der Waals surface area contributed by atoms with Gasteiger partial charge in [0.25, 0.3) is 0 Å². The molecule has 0 heterocycles.